The molecule has 0 amide bonds. The van der Waals surface area contributed by atoms with Crippen molar-refractivity contribution in [3.8, 4) is 11.5 Å². The van der Waals surface area contributed by atoms with Crippen LogP contribution in [0.15, 0.2) is 18.2 Å². The van der Waals surface area contributed by atoms with Crippen LogP contribution in [0.5, 0.6) is 11.5 Å². The molecule has 39 heavy (non-hydrogen) atoms. The van der Waals surface area contributed by atoms with Gasteiger partial charge in [-0.3, -0.25) is 9.59 Å². The second-order valence-electron chi connectivity index (χ2n) is 10.8. The van der Waals surface area contributed by atoms with Gasteiger partial charge in [0.05, 0.1) is 5.92 Å². The lowest BCUT2D eigenvalue weighted by Crippen LogP contribution is -2.43. The molecule has 1 aromatic rings. The Bertz CT molecular complexity index is 1000. The molecule has 11 nitrogen and oxygen atoms in total. The molecule has 0 spiro atoms. The van der Waals surface area contributed by atoms with Gasteiger partial charge in [0.1, 0.15) is 23.3 Å². The average Bonchev–Trinajstić information content (AvgIpc) is 2.82. The predicted molar refractivity (Wildman–Crippen MR) is 143 cm³/mol. The third-order valence-corrected chi connectivity index (χ3v) is 6.00. The van der Waals surface area contributed by atoms with Gasteiger partial charge in [0.25, 0.3) is 0 Å². The Kier molecular flexibility index (Phi) is 12.7. The molecule has 0 aliphatic rings. The normalized spacial score (nSPS) is 13.3. The first-order valence-electron chi connectivity index (χ1n) is 13.1. The lowest BCUT2D eigenvalue weighted by molar-refractivity contribution is -0.151. The number of benzene rings is 1. The zero-order valence-corrected chi connectivity index (χ0v) is 24.4. The van der Waals surface area contributed by atoms with Crippen LogP contribution in [0.25, 0.3) is 0 Å². The summed E-state index contributed by atoms with van der Waals surface area (Å²) in [5.74, 6) is -2.06. The van der Waals surface area contributed by atoms with Crippen LogP contribution in [-0.4, -0.2) is 59.2 Å². The summed E-state index contributed by atoms with van der Waals surface area (Å²) in [5, 5.41) is 12.6. The maximum Gasteiger partial charge on any atom is 0.514 e. The summed E-state index contributed by atoms with van der Waals surface area (Å²) < 4.78 is 26.6. The number of esters is 1. The van der Waals surface area contributed by atoms with E-state index in [1.54, 1.807) is 54.5 Å². The minimum absolute atomic E-state index is 0.0143. The maximum atomic E-state index is 12.5. The van der Waals surface area contributed by atoms with Crippen LogP contribution in [0, 0.1) is 5.92 Å². The van der Waals surface area contributed by atoms with E-state index >= 15 is 0 Å². The van der Waals surface area contributed by atoms with Gasteiger partial charge in [-0.1, -0.05) is 33.8 Å². The Morgan fingerprint density at radius 2 is 1.38 bits per heavy atom. The monoisotopic (exact) mass is 553 g/mol. The Balaban J connectivity index is 3.14. The fraction of sp³-hybridized carbons (Fsp3) is 0.643. The van der Waals surface area contributed by atoms with Crippen LogP contribution in [-0.2, 0) is 30.2 Å². The summed E-state index contributed by atoms with van der Waals surface area (Å²) in [6.07, 6.45) is -1.50. The van der Waals surface area contributed by atoms with Crippen LogP contribution < -0.4 is 14.8 Å². The maximum absolute atomic E-state index is 12.5. The fourth-order valence-corrected chi connectivity index (χ4v) is 2.83. The highest BCUT2D eigenvalue weighted by molar-refractivity contribution is 5.74. The third-order valence-electron chi connectivity index (χ3n) is 6.00. The van der Waals surface area contributed by atoms with Gasteiger partial charge in [0, 0.05) is 6.54 Å². The predicted octanol–water partition coefficient (Wildman–Crippen LogP) is 5.27. The number of hydrogen-bond donors (Lipinski definition) is 2. The Morgan fingerprint density at radius 1 is 0.872 bits per heavy atom. The van der Waals surface area contributed by atoms with Crippen LogP contribution >= 0.6 is 0 Å². The van der Waals surface area contributed by atoms with Gasteiger partial charge in [-0.2, -0.15) is 0 Å². The van der Waals surface area contributed by atoms with Crippen molar-refractivity contribution >= 4 is 24.2 Å². The number of carbonyl (C=O) groups is 4. The number of hydrogen-bond acceptors (Lipinski definition) is 10. The van der Waals surface area contributed by atoms with Crippen molar-refractivity contribution < 1.29 is 48.0 Å². The lowest BCUT2D eigenvalue weighted by Gasteiger charge is -2.24. The highest BCUT2D eigenvalue weighted by Gasteiger charge is 2.27. The largest absolute Gasteiger partial charge is 0.514 e. The van der Waals surface area contributed by atoms with E-state index in [0.29, 0.717) is 18.4 Å². The van der Waals surface area contributed by atoms with E-state index in [-0.39, 0.29) is 36.4 Å². The Morgan fingerprint density at radius 3 is 1.85 bits per heavy atom. The molecule has 0 radical (unpaired) electrons. The number of rotatable bonds is 14. The average molecular weight is 554 g/mol. The fourth-order valence-electron chi connectivity index (χ4n) is 2.83. The number of nitrogens with one attached hydrogen (secondary N) is 1. The van der Waals surface area contributed by atoms with Gasteiger partial charge >= 0.3 is 24.2 Å². The van der Waals surface area contributed by atoms with Crippen LogP contribution in [0.1, 0.15) is 80.7 Å². The van der Waals surface area contributed by atoms with E-state index < -0.39 is 41.6 Å². The highest BCUT2D eigenvalue weighted by atomic mass is 16.8. The second-order valence-corrected chi connectivity index (χ2v) is 10.8. The number of carboxylic acid groups (broad SMARTS) is 1. The van der Waals surface area contributed by atoms with Gasteiger partial charge in [-0.25, -0.2) is 9.59 Å². The number of carboxylic acids is 1. The molecule has 1 unspecified atom stereocenters. The molecule has 0 aliphatic heterocycles. The van der Waals surface area contributed by atoms with E-state index in [0.717, 1.165) is 0 Å². The molecular formula is C28H43NO10. The summed E-state index contributed by atoms with van der Waals surface area (Å²) in [7, 11) is 0. The number of aliphatic carboxylic acids is 1. The minimum Gasteiger partial charge on any atom is -0.480 e. The van der Waals surface area contributed by atoms with Gasteiger partial charge in [0.2, 0.25) is 0 Å². The lowest BCUT2D eigenvalue weighted by atomic mass is 10.0. The SMILES string of the molecule is CCC(C)(C)OC(=O)Oc1ccc(C[C@H](NCC(C)OC(=O)C(C)C)C(=O)O)cc1OC(=O)OC(C)(C)CC. The van der Waals surface area contributed by atoms with Gasteiger partial charge in [-0.05, 0) is 71.6 Å². The van der Waals surface area contributed by atoms with E-state index in [4.69, 9.17) is 23.7 Å². The molecule has 1 aromatic carbocycles. The minimum atomic E-state index is -1.13. The molecule has 0 heterocycles. The Hall–Kier alpha value is -3.34. The summed E-state index contributed by atoms with van der Waals surface area (Å²) in [4.78, 5) is 48.6. The highest BCUT2D eigenvalue weighted by Crippen LogP contribution is 2.31. The van der Waals surface area contributed by atoms with Crippen molar-refractivity contribution in [1.29, 1.82) is 0 Å². The smallest absolute Gasteiger partial charge is 0.480 e. The quantitative estimate of drug-likeness (QED) is 0.176. The zero-order chi connectivity index (χ0) is 30.0. The zero-order valence-electron chi connectivity index (χ0n) is 24.4. The van der Waals surface area contributed by atoms with Crippen molar-refractivity contribution in [2.45, 2.75) is 105 Å². The van der Waals surface area contributed by atoms with Crippen molar-refractivity contribution in [2.24, 2.45) is 5.92 Å². The van der Waals surface area contributed by atoms with Crippen LogP contribution in [0.2, 0.25) is 0 Å². The summed E-state index contributed by atoms with van der Waals surface area (Å²) in [6, 6.07) is 3.27. The van der Waals surface area contributed by atoms with Crippen molar-refractivity contribution in [1.82, 2.24) is 5.32 Å². The molecule has 0 fully saturated rings. The van der Waals surface area contributed by atoms with E-state index in [1.807, 2.05) is 13.8 Å². The summed E-state index contributed by atoms with van der Waals surface area (Å²) >= 11 is 0. The van der Waals surface area contributed by atoms with E-state index in [9.17, 15) is 24.3 Å². The molecule has 0 aromatic heterocycles. The molecule has 0 bridgehead atoms. The summed E-state index contributed by atoms with van der Waals surface area (Å²) in [6.45, 7) is 15.8. The standard InChI is InChI=1S/C28H43NO10/c1-10-27(6,7)38-25(33)36-21-13-12-19(15-22(21)37-26(34)39-28(8,9)11-2)14-20(23(30)31)29-16-18(5)35-24(32)17(3)4/h12-13,15,17-18,20,29H,10-11,14,16H2,1-9H3,(H,30,31)/t18?,20-/m0/s1. The molecule has 0 saturated heterocycles. The molecule has 220 valence electrons. The second kappa shape index (κ2) is 14.7. The first-order chi connectivity index (χ1) is 18.0. The first-order valence-corrected chi connectivity index (χ1v) is 13.1. The molecule has 2 atom stereocenters. The van der Waals surface area contributed by atoms with Crippen molar-refractivity contribution in [3.63, 3.8) is 0 Å². The summed E-state index contributed by atoms with van der Waals surface area (Å²) in [5.41, 5.74) is -1.11. The molecule has 11 heteroatoms. The van der Waals surface area contributed by atoms with Crippen molar-refractivity contribution in [2.75, 3.05) is 6.54 Å². The first kappa shape index (κ1) is 33.7. The number of carbonyl (C=O) groups excluding carboxylic acids is 3. The molecule has 0 aliphatic carbocycles. The Labute approximate surface area is 230 Å². The third kappa shape index (κ3) is 12.4. The van der Waals surface area contributed by atoms with Gasteiger partial charge in [0.15, 0.2) is 11.5 Å². The van der Waals surface area contributed by atoms with Gasteiger partial charge in [-0.15, -0.1) is 0 Å². The molecular weight excluding hydrogens is 510 g/mol. The number of ether oxygens (including phenoxy) is 5. The molecule has 2 N–H and O–H groups in total. The topological polar surface area (TPSA) is 147 Å². The van der Waals surface area contributed by atoms with Crippen LogP contribution in [0.3, 0.4) is 0 Å². The molecule has 0 saturated carbocycles. The van der Waals surface area contributed by atoms with E-state index in [2.05, 4.69) is 5.32 Å². The van der Waals surface area contributed by atoms with Gasteiger partial charge < -0.3 is 34.1 Å². The molecule has 1 rings (SSSR count). The van der Waals surface area contributed by atoms with Crippen molar-refractivity contribution in [3.05, 3.63) is 23.8 Å². The van der Waals surface area contributed by atoms with E-state index in [1.165, 1.54) is 12.1 Å². The van der Waals surface area contributed by atoms with Crippen LogP contribution in [0.4, 0.5) is 9.59 Å².